The van der Waals surface area contributed by atoms with Gasteiger partial charge in [-0.15, -0.1) is 0 Å². The number of para-hydroxylation sites is 1. The molecule has 1 heterocycles. The smallest absolute Gasteiger partial charge is 0.261 e. The third-order valence-corrected chi connectivity index (χ3v) is 11.0. The lowest BCUT2D eigenvalue weighted by Crippen LogP contribution is -2.35. The Kier molecular flexibility index (Phi) is 6.58. The van der Waals surface area contributed by atoms with E-state index in [1.807, 2.05) is 38.1 Å². The molecule has 0 saturated heterocycles. The minimum atomic E-state index is -3.77. The van der Waals surface area contributed by atoms with E-state index in [1.165, 1.54) is 42.5 Å². The van der Waals surface area contributed by atoms with E-state index >= 15 is 0 Å². The molecule has 2 fully saturated rings. The molecule has 2 aliphatic carbocycles. The van der Waals surface area contributed by atoms with Gasteiger partial charge in [0.2, 0.25) is 0 Å². The number of sulfonamides is 1. The van der Waals surface area contributed by atoms with E-state index in [1.54, 1.807) is 12.1 Å². The lowest BCUT2D eigenvalue weighted by molar-refractivity contribution is 0.102. The number of benzene rings is 4. The Labute approximate surface area is 247 Å². The van der Waals surface area contributed by atoms with Gasteiger partial charge >= 0.3 is 0 Å². The zero-order valence-corrected chi connectivity index (χ0v) is 24.6. The third-order valence-electron chi connectivity index (χ3n) is 9.65. The standard InChI is InChI=1S/C35H35N3O3S/c1-21-7-6-8-22(2)33(21)38-42(40,41)28-16-14-27(15-17-28)36-35(39)26-13-18-30-29(20-26)31-24-11-12-25(19-24)32(31)34(37-30)23-9-4-3-5-10-23/h3-10,13-18,20,24-25,31-32,34,37-38H,11-12,19H2,1-2H3,(H,36,39)/t24-,25-,31-,32+,34+/m0/s1. The van der Waals surface area contributed by atoms with Crippen molar-refractivity contribution in [3.05, 3.63) is 119 Å². The van der Waals surface area contributed by atoms with E-state index in [-0.39, 0.29) is 16.8 Å². The van der Waals surface area contributed by atoms with E-state index in [2.05, 4.69) is 57.8 Å². The van der Waals surface area contributed by atoms with Crippen LogP contribution in [0.1, 0.15) is 63.8 Å². The molecule has 3 aliphatic rings. The zero-order valence-electron chi connectivity index (χ0n) is 23.8. The molecule has 0 aromatic heterocycles. The first-order valence-electron chi connectivity index (χ1n) is 14.7. The van der Waals surface area contributed by atoms with E-state index < -0.39 is 10.0 Å². The molecule has 1 amide bonds. The van der Waals surface area contributed by atoms with Crippen molar-refractivity contribution in [3.8, 4) is 0 Å². The number of hydrogen-bond donors (Lipinski definition) is 3. The van der Waals surface area contributed by atoms with Gasteiger partial charge in [-0.05, 0) is 121 Å². The summed E-state index contributed by atoms with van der Waals surface area (Å²) in [5, 5.41) is 6.80. The molecule has 214 valence electrons. The van der Waals surface area contributed by atoms with Gasteiger partial charge in [0.05, 0.1) is 16.6 Å². The molecular weight excluding hydrogens is 542 g/mol. The predicted octanol–water partition coefficient (Wildman–Crippen LogP) is 7.65. The van der Waals surface area contributed by atoms with Gasteiger partial charge in [0.15, 0.2) is 0 Å². The molecule has 6 nitrogen and oxygen atoms in total. The summed E-state index contributed by atoms with van der Waals surface area (Å²) in [4.78, 5) is 13.5. The zero-order chi connectivity index (χ0) is 29.0. The summed E-state index contributed by atoms with van der Waals surface area (Å²) in [6, 6.07) is 29.0. The highest BCUT2D eigenvalue weighted by Crippen LogP contribution is 2.63. The Morgan fingerprint density at radius 2 is 1.55 bits per heavy atom. The van der Waals surface area contributed by atoms with Crippen LogP contribution in [0.15, 0.2) is 95.9 Å². The molecule has 4 aromatic rings. The minimum absolute atomic E-state index is 0.137. The van der Waals surface area contributed by atoms with E-state index in [9.17, 15) is 13.2 Å². The summed E-state index contributed by atoms with van der Waals surface area (Å²) in [6.45, 7) is 3.75. The summed E-state index contributed by atoms with van der Waals surface area (Å²) >= 11 is 0. The number of nitrogens with one attached hydrogen (secondary N) is 3. The Hall–Kier alpha value is -4.10. The van der Waals surface area contributed by atoms with Crippen molar-refractivity contribution in [2.24, 2.45) is 17.8 Å². The van der Waals surface area contributed by atoms with Crippen molar-refractivity contribution in [1.29, 1.82) is 0 Å². The number of amides is 1. The van der Waals surface area contributed by atoms with Crippen LogP contribution in [0.25, 0.3) is 0 Å². The number of fused-ring (bicyclic) bond motifs is 7. The molecule has 7 rings (SSSR count). The average Bonchev–Trinajstić information content (AvgIpc) is 3.62. The maximum Gasteiger partial charge on any atom is 0.261 e. The van der Waals surface area contributed by atoms with Crippen molar-refractivity contribution in [1.82, 2.24) is 0 Å². The van der Waals surface area contributed by atoms with E-state index in [4.69, 9.17) is 0 Å². The molecule has 3 N–H and O–H groups in total. The second-order valence-corrected chi connectivity index (χ2v) is 13.8. The molecule has 4 aromatic carbocycles. The van der Waals surface area contributed by atoms with Crippen LogP contribution in [0.4, 0.5) is 17.1 Å². The quantitative estimate of drug-likeness (QED) is 0.220. The van der Waals surface area contributed by atoms with Gasteiger partial charge in [-0.1, -0.05) is 48.5 Å². The SMILES string of the molecule is Cc1cccc(C)c1NS(=O)(=O)c1ccc(NC(=O)c2ccc3c(c2)[C@@H]2[C@H]4CC[C@@H](C4)[C@H]2[C@@H](c2ccccc2)N3)cc1. The minimum Gasteiger partial charge on any atom is -0.378 e. The van der Waals surface area contributed by atoms with Gasteiger partial charge in [-0.3, -0.25) is 9.52 Å². The van der Waals surface area contributed by atoms with Crippen LogP contribution in [0.2, 0.25) is 0 Å². The third kappa shape index (κ3) is 4.66. The van der Waals surface area contributed by atoms with Crippen molar-refractivity contribution in [2.75, 3.05) is 15.4 Å². The first kappa shape index (κ1) is 26.8. The van der Waals surface area contributed by atoms with Gasteiger partial charge in [-0.25, -0.2) is 8.42 Å². The van der Waals surface area contributed by atoms with Crippen LogP contribution in [-0.4, -0.2) is 14.3 Å². The fourth-order valence-electron chi connectivity index (χ4n) is 7.71. The molecule has 0 unspecified atom stereocenters. The Balaban J connectivity index is 1.10. The highest BCUT2D eigenvalue weighted by Gasteiger charge is 2.53. The number of rotatable bonds is 6. The van der Waals surface area contributed by atoms with Gasteiger partial charge in [0.25, 0.3) is 15.9 Å². The first-order chi connectivity index (χ1) is 20.3. The van der Waals surface area contributed by atoms with Crippen LogP contribution >= 0.6 is 0 Å². The molecule has 7 heteroatoms. The summed E-state index contributed by atoms with van der Waals surface area (Å²) in [6.07, 6.45) is 3.82. The maximum atomic E-state index is 13.4. The maximum absolute atomic E-state index is 13.4. The normalized spacial score (nSPS) is 23.9. The van der Waals surface area contributed by atoms with E-state index in [0.29, 0.717) is 40.6 Å². The van der Waals surface area contributed by atoms with Crippen LogP contribution in [0.3, 0.4) is 0 Å². The number of anilines is 3. The Bertz CT molecular complexity index is 1750. The molecular formula is C35H35N3O3S. The molecule has 42 heavy (non-hydrogen) atoms. The lowest BCUT2D eigenvalue weighted by Gasteiger charge is -2.43. The highest BCUT2D eigenvalue weighted by molar-refractivity contribution is 7.92. The summed E-state index contributed by atoms with van der Waals surface area (Å²) in [5.41, 5.74) is 7.18. The molecule has 5 atom stereocenters. The number of carbonyl (C=O) groups is 1. The van der Waals surface area contributed by atoms with Crippen molar-refractivity contribution >= 4 is 33.0 Å². The van der Waals surface area contributed by atoms with Gasteiger partial charge < -0.3 is 10.6 Å². The largest absolute Gasteiger partial charge is 0.378 e. The number of carbonyl (C=O) groups excluding carboxylic acids is 1. The molecule has 2 saturated carbocycles. The first-order valence-corrected chi connectivity index (χ1v) is 16.2. The number of hydrogen-bond acceptors (Lipinski definition) is 4. The Morgan fingerprint density at radius 3 is 2.29 bits per heavy atom. The van der Waals surface area contributed by atoms with Crippen molar-refractivity contribution < 1.29 is 13.2 Å². The molecule has 2 bridgehead atoms. The van der Waals surface area contributed by atoms with E-state index in [0.717, 1.165) is 16.8 Å². The average molecular weight is 578 g/mol. The summed E-state index contributed by atoms with van der Waals surface area (Å²) < 4.78 is 28.8. The lowest BCUT2D eigenvalue weighted by atomic mass is 9.68. The monoisotopic (exact) mass is 577 g/mol. The highest BCUT2D eigenvalue weighted by atomic mass is 32.2. The Morgan fingerprint density at radius 1 is 0.833 bits per heavy atom. The van der Waals surface area contributed by atoms with Crippen LogP contribution < -0.4 is 15.4 Å². The van der Waals surface area contributed by atoms with Crippen molar-refractivity contribution in [2.45, 2.75) is 50.0 Å². The fourth-order valence-corrected chi connectivity index (χ4v) is 8.91. The summed E-state index contributed by atoms with van der Waals surface area (Å²) in [7, 11) is -3.77. The topological polar surface area (TPSA) is 87.3 Å². The van der Waals surface area contributed by atoms with Crippen LogP contribution in [-0.2, 0) is 10.0 Å². The van der Waals surface area contributed by atoms with Gasteiger partial charge in [0, 0.05) is 16.9 Å². The number of aryl methyl sites for hydroxylation is 2. The second-order valence-electron chi connectivity index (χ2n) is 12.1. The van der Waals surface area contributed by atoms with Gasteiger partial charge in [0.1, 0.15) is 0 Å². The predicted molar refractivity (Wildman–Crippen MR) is 167 cm³/mol. The fraction of sp³-hybridized carbons (Fsp3) is 0.286. The van der Waals surface area contributed by atoms with Crippen LogP contribution in [0, 0.1) is 31.6 Å². The van der Waals surface area contributed by atoms with Gasteiger partial charge in [-0.2, -0.15) is 0 Å². The summed E-state index contributed by atoms with van der Waals surface area (Å²) in [5.74, 6) is 2.15. The molecule has 1 aliphatic heterocycles. The van der Waals surface area contributed by atoms with Crippen molar-refractivity contribution in [3.63, 3.8) is 0 Å². The molecule has 0 radical (unpaired) electrons. The van der Waals surface area contributed by atoms with Crippen LogP contribution in [0.5, 0.6) is 0 Å². The molecule has 0 spiro atoms. The second kappa shape index (κ2) is 10.3.